The lowest BCUT2D eigenvalue weighted by molar-refractivity contribution is -0.123. The Hall–Kier alpha value is -2.08. The Morgan fingerprint density at radius 2 is 2.00 bits per heavy atom. The minimum absolute atomic E-state index is 0.0481. The fraction of sp³-hybridized carbons (Fsp3) is 0.556. The fourth-order valence-electron chi connectivity index (χ4n) is 2.49. The van der Waals surface area contributed by atoms with Crippen LogP contribution >= 0.6 is 0 Å². The standard InChI is InChI=1S/C18H26N2O4/c1-18(2,3)24-17(22)20-15(13-8-5-4-6-9-13)16(21)19-12-14-10-7-11-23-14/h4-6,8-9,14-15H,7,10-12H2,1-3H3,(H,19,21)(H,20,22)/t14?,15-/m0/s1. The second-order valence-electron chi connectivity index (χ2n) is 6.87. The van der Waals surface area contributed by atoms with E-state index in [1.165, 1.54) is 0 Å². The molecule has 1 aliphatic heterocycles. The summed E-state index contributed by atoms with van der Waals surface area (Å²) < 4.78 is 10.8. The highest BCUT2D eigenvalue weighted by Gasteiger charge is 2.26. The van der Waals surface area contributed by atoms with Crippen LogP contribution < -0.4 is 10.6 Å². The molecule has 1 aromatic carbocycles. The van der Waals surface area contributed by atoms with E-state index in [4.69, 9.17) is 9.47 Å². The average Bonchev–Trinajstić information content (AvgIpc) is 3.03. The number of ether oxygens (including phenoxy) is 2. The molecule has 0 aliphatic carbocycles. The van der Waals surface area contributed by atoms with Gasteiger partial charge in [0, 0.05) is 13.2 Å². The Kier molecular flexibility index (Phi) is 6.20. The Labute approximate surface area is 142 Å². The highest BCUT2D eigenvalue weighted by molar-refractivity contribution is 5.86. The summed E-state index contributed by atoms with van der Waals surface area (Å²) in [7, 11) is 0. The molecule has 0 saturated carbocycles. The number of rotatable bonds is 5. The van der Waals surface area contributed by atoms with Gasteiger partial charge in [0.15, 0.2) is 0 Å². The molecule has 6 heteroatoms. The van der Waals surface area contributed by atoms with Gasteiger partial charge in [-0.3, -0.25) is 4.79 Å². The second-order valence-corrected chi connectivity index (χ2v) is 6.87. The topological polar surface area (TPSA) is 76.7 Å². The zero-order chi connectivity index (χ0) is 17.6. The Morgan fingerprint density at radius 3 is 2.58 bits per heavy atom. The summed E-state index contributed by atoms with van der Waals surface area (Å²) in [5, 5.41) is 5.51. The molecule has 0 spiro atoms. The van der Waals surface area contributed by atoms with E-state index in [1.807, 2.05) is 18.2 Å². The van der Waals surface area contributed by atoms with Crippen LogP contribution in [0.2, 0.25) is 0 Å². The third kappa shape index (κ3) is 5.85. The van der Waals surface area contributed by atoms with E-state index in [-0.39, 0.29) is 12.0 Å². The first-order chi connectivity index (χ1) is 11.3. The van der Waals surface area contributed by atoms with Crippen molar-refractivity contribution in [2.24, 2.45) is 0 Å². The third-order valence-corrected chi connectivity index (χ3v) is 3.58. The Morgan fingerprint density at radius 1 is 1.29 bits per heavy atom. The highest BCUT2D eigenvalue weighted by Crippen LogP contribution is 2.16. The molecular weight excluding hydrogens is 308 g/mol. The van der Waals surface area contributed by atoms with Gasteiger partial charge in [0.05, 0.1) is 6.10 Å². The summed E-state index contributed by atoms with van der Waals surface area (Å²) in [5.41, 5.74) is 0.0765. The van der Waals surface area contributed by atoms with E-state index in [1.54, 1.807) is 32.9 Å². The number of alkyl carbamates (subject to hydrolysis) is 1. The summed E-state index contributed by atoms with van der Waals surface area (Å²) >= 11 is 0. The van der Waals surface area contributed by atoms with Crippen LogP contribution in [0.3, 0.4) is 0 Å². The molecule has 2 N–H and O–H groups in total. The Balaban J connectivity index is 2.02. The van der Waals surface area contributed by atoms with E-state index < -0.39 is 17.7 Å². The predicted octanol–water partition coefficient (Wildman–Crippen LogP) is 2.55. The van der Waals surface area contributed by atoms with Gasteiger partial charge < -0.3 is 20.1 Å². The molecule has 0 aromatic heterocycles. The first kappa shape index (κ1) is 18.3. The number of carbonyl (C=O) groups is 2. The van der Waals surface area contributed by atoms with Crippen LogP contribution in [0.15, 0.2) is 30.3 Å². The second kappa shape index (κ2) is 8.15. The van der Waals surface area contributed by atoms with Crippen LogP contribution in [0.25, 0.3) is 0 Å². The van der Waals surface area contributed by atoms with Gasteiger partial charge in [0.25, 0.3) is 0 Å². The van der Waals surface area contributed by atoms with Gasteiger partial charge in [0.1, 0.15) is 11.6 Å². The molecule has 1 aromatic rings. The molecule has 1 unspecified atom stereocenters. The van der Waals surface area contributed by atoms with Crippen molar-refractivity contribution in [1.82, 2.24) is 10.6 Å². The van der Waals surface area contributed by atoms with Crippen molar-refractivity contribution in [3.63, 3.8) is 0 Å². The molecule has 1 aliphatic rings. The average molecular weight is 334 g/mol. The molecule has 0 radical (unpaired) electrons. The lowest BCUT2D eigenvalue weighted by Crippen LogP contribution is -2.44. The number of hydrogen-bond donors (Lipinski definition) is 2. The molecule has 6 nitrogen and oxygen atoms in total. The maximum atomic E-state index is 12.6. The first-order valence-corrected chi connectivity index (χ1v) is 8.29. The van der Waals surface area contributed by atoms with Crippen molar-refractivity contribution in [2.75, 3.05) is 13.2 Å². The molecular formula is C18H26N2O4. The maximum Gasteiger partial charge on any atom is 0.408 e. The SMILES string of the molecule is CC(C)(C)OC(=O)N[C@H](C(=O)NCC1CCCO1)c1ccccc1. The van der Waals surface area contributed by atoms with Crippen molar-refractivity contribution in [2.45, 2.75) is 51.4 Å². The zero-order valence-electron chi connectivity index (χ0n) is 14.5. The molecule has 132 valence electrons. The van der Waals surface area contributed by atoms with Gasteiger partial charge >= 0.3 is 6.09 Å². The van der Waals surface area contributed by atoms with Crippen molar-refractivity contribution in [3.8, 4) is 0 Å². The van der Waals surface area contributed by atoms with Crippen molar-refractivity contribution >= 4 is 12.0 Å². The largest absolute Gasteiger partial charge is 0.444 e. The van der Waals surface area contributed by atoms with Crippen LogP contribution in [0.1, 0.15) is 45.2 Å². The first-order valence-electron chi connectivity index (χ1n) is 8.29. The van der Waals surface area contributed by atoms with Gasteiger partial charge in [-0.15, -0.1) is 0 Å². The van der Waals surface area contributed by atoms with Crippen molar-refractivity contribution in [1.29, 1.82) is 0 Å². The number of carbonyl (C=O) groups excluding carboxylic acids is 2. The molecule has 2 rings (SSSR count). The van der Waals surface area contributed by atoms with Gasteiger partial charge in [0.2, 0.25) is 5.91 Å². The number of hydrogen-bond acceptors (Lipinski definition) is 4. The summed E-state index contributed by atoms with van der Waals surface area (Å²) in [6, 6.07) is 8.31. The normalized spacial score (nSPS) is 18.7. The summed E-state index contributed by atoms with van der Waals surface area (Å²) in [6.45, 7) is 6.52. The minimum Gasteiger partial charge on any atom is -0.444 e. The smallest absolute Gasteiger partial charge is 0.408 e. The highest BCUT2D eigenvalue weighted by atomic mass is 16.6. The molecule has 1 saturated heterocycles. The number of benzene rings is 1. The molecule has 0 bridgehead atoms. The maximum absolute atomic E-state index is 12.6. The van der Waals surface area contributed by atoms with Crippen LogP contribution in [0.5, 0.6) is 0 Å². The van der Waals surface area contributed by atoms with E-state index in [9.17, 15) is 9.59 Å². The minimum atomic E-state index is -0.803. The number of nitrogens with one attached hydrogen (secondary N) is 2. The van der Waals surface area contributed by atoms with E-state index >= 15 is 0 Å². The van der Waals surface area contributed by atoms with E-state index in [0.29, 0.717) is 12.1 Å². The van der Waals surface area contributed by atoms with Gasteiger partial charge in [-0.1, -0.05) is 30.3 Å². The van der Waals surface area contributed by atoms with Crippen LogP contribution in [-0.2, 0) is 14.3 Å². The Bertz CT molecular complexity index is 548. The van der Waals surface area contributed by atoms with Crippen LogP contribution in [0, 0.1) is 0 Å². The quantitative estimate of drug-likeness (QED) is 0.867. The summed E-state index contributed by atoms with van der Waals surface area (Å²) in [6.07, 6.45) is 1.38. The van der Waals surface area contributed by atoms with Crippen molar-refractivity contribution < 1.29 is 19.1 Å². The van der Waals surface area contributed by atoms with Crippen LogP contribution in [0.4, 0.5) is 4.79 Å². The molecule has 2 amide bonds. The van der Waals surface area contributed by atoms with Gasteiger partial charge in [-0.25, -0.2) is 4.79 Å². The summed E-state index contributed by atoms with van der Waals surface area (Å²) in [5.74, 6) is -0.275. The third-order valence-electron chi connectivity index (χ3n) is 3.58. The van der Waals surface area contributed by atoms with Crippen molar-refractivity contribution in [3.05, 3.63) is 35.9 Å². The molecule has 1 heterocycles. The van der Waals surface area contributed by atoms with E-state index in [2.05, 4.69) is 10.6 Å². The molecule has 2 atom stereocenters. The van der Waals surface area contributed by atoms with E-state index in [0.717, 1.165) is 19.4 Å². The zero-order valence-corrected chi connectivity index (χ0v) is 14.5. The fourth-order valence-corrected chi connectivity index (χ4v) is 2.49. The number of amides is 2. The molecule has 24 heavy (non-hydrogen) atoms. The molecule has 1 fully saturated rings. The lowest BCUT2D eigenvalue weighted by Gasteiger charge is -2.24. The summed E-state index contributed by atoms with van der Waals surface area (Å²) in [4.78, 5) is 24.6. The van der Waals surface area contributed by atoms with Crippen LogP contribution in [-0.4, -0.2) is 36.9 Å². The predicted molar refractivity (Wildman–Crippen MR) is 90.5 cm³/mol. The van der Waals surface area contributed by atoms with Gasteiger partial charge in [-0.05, 0) is 39.2 Å². The monoisotopic (exact) mass is 334 g/mol. The van der Waals surface area contributed by atoms with Gasteiger partial charge in [-0.2, -0.15) is 0 Å². The lowest BCUT2D eigenvalue weighted by atomic mass is 10.1.